The van der Waals surface area contributed by atoms with Gasteiger partial charge in [-0.15, -0.1) is 0 Å². The van der Waals surface area contributed by atoms with E-state index in [-0.39, 0.29) is 33.9 Å². The minimum absolute atomic E-state index is 0.109. The maximum Gasteiger partial charge on any atom is 0.243 e. The molecule has 2 aliphatic heterocycles. The maximum absolute atomic E-state index is 14.6. The normalized spacial score (nSPS) is 24.0. The molecule has 4 rings (SSSR count). The maximum atomic E-state index is 14.6. The van der Waals surface area contributed by atoms with Crippen molar-refractivity contribution in [3.63, 3.8) is 0 Å². The highest BCUT2D eigenvalue weighted by atomic mass is 32.2. The van der Waals surface area contributed by atoms with Gasteiger partial charge < -0.3 is 0 Å². The molecule has 0 bridgehead atoms. The summed E-state index contributed by atoms with van der Waals surface area (Å²) in [4.78, 5) is 7.11. The van der Waals surface area contributed by atoms with Gasteiger partial charge in [-0.2, -0.15) is 9.37 Å². The third-order valence-corrected chi connectivity index (χ3v) is 11.2. The number of benzene rings is 2. The number of piperidine rings is 1. The van der Waals surface area contributed by atoms with E-state index in [0.29, 0.717) is 18.0 Å². The molecule has 0 spiro atoms. The first-order valence-electron chi connectivity index (χ1n) is 15.5. The van der Waals surface area contributed by atoms with Crippen LogP contribution >= 0.6 is 0 Å². The molecule has 0 radical (unpaired) electrons. The van der Waals surface area contributed by atoms with Crippen molar-refractivity contribution in [3.8, 4) is 0 Å². The molecule has 5 nitrogen and oxygen atoms in total. The third kappa shape index (κ3) is 7.09. The summed E-state index contributed by atoms with van der Waals surface area (Å²) in [5.74, 6) is 0.177. The van der Waals surface area contributed by atoms with Crippen LogP contribution < -0.4 is 0 Å². The van der Waals surface area contributed by atoms with E-state index in [4.69, 9.17) is 4.84 Å². The van der Waals surface area contributed by atoms with E-state index in [0.717, 1.165) is 36.8 Å². The van der Waals surface area contributed by atoms with Crippen molar-refractivity contribution < 1.29 is 13.3 Å². The number of hydroxylamine groups is 2. The average Bonchev–Trinajstić information content (AvgIpc) is 3.25. The molecule has 6 heteroatoms. The summed E-state index contributed by atoms with van der Waals surface area (Å²) in [7, 11) is -3.75. The highest BCUT2D eigenvalue weighted by Gasteiger charge is 2.46. The van der Waals surface area contributed by atoms with Gasteiger partial charge in [0, 0.05) is 17.6 Å². The lowest BCUT2D eigenvalue weighted by Crippen LogP contribution is -2.59. The monoisotopic (exact) mass is 582 g/mol. The van der Waals surface area contributed by atoms with Gasteiger partial charge in [0.1, 0.15) is 0 Å². The summed E-state index contributed by atoms with van der Waals surface area (Å²) < 4.78 is 30.9. The molecule has 0 unspecified atom stereocenters. The molecule has 0 saturated carbocycles. The van der Waals surface area contributed by atoms with Crippen LogP contribution in [0.25, 0.3) is 0 Å². The average molecular weight is 583 g/mol. The van der Waals surface area contributed by atoms with Gasteiger partial charge in [-0.3, -0.25) is 4.84 Å². The van der Waals surface area contributed by atoms with E-state index < -0.39 is 10.0 Å². The van der Waals surface area contributed by atoms with Gasteiger partial charge in [0.25, 0.3) is 0 Å². The van der Waals surface area contributed by atoms with Crippen molar-refractivity contribution in [2.24, 2.45) is 5.92 Å². The minimum Gasteiger partial charge on any atom is -0.296 e. The van der Waals surface area contributed by atoms with Crippen LogP contribution in [0.5, 0.6) is 0 Å². The molecule has 0 aliphatic carbocycles. The van der Waals surface area contributed by atoms with Crippen molar-refractivity contribution in [1.29, 1.82) is 0 Å². The van der Waals surface area contributed by atoms with E-state index in [2.05, 4.69) is 105 Å². The zero-order chi connectivity index (χ0) is 30.4. The Morgan fingerprint density at radius 3 is 1.90 bits per heavy atom. The molecule has 228 valence electrons. The van der Waals surface area contributed by atoms with Crippen LogP contribution in [0.4, 0.5) is 0 Å². The van der Waals surface area contributed by atoms with Gasteiger partial charge in [0.15, 0.2) is 0 Å². The van der Waals surface area contributed by atoms with Crippen LogP contribution in [0.2, 0.25) is 0 Å². The van der Waals surface area contributed by atoms with Crippen molar-refractivity contribution in [2.45, 2.75) is 134 Å². The van der Waals surface area contributed by atoms with Crippen molar-refractivity contribution in [1.82, 2.24) is 9.37 Å². The van der Waals surface area contributed by atoms with Gasteiger partial charge in [-0.05, 0) is 105 Å². The quantitative estimate of drug-likeness (QED) is 0.333. The van der Waals surface area contributed by atoms with Crippen LogP contribution in [0.1, 0.15) is 112 Å². The largest absolute Gasteiger partial charge is 0.296 e. The summed E-state index contributed by atoms with van der Waals surface area (Å²) in [6.45, 7) is 22.7. The second-order valence-corrected chi connectivity index (χ2v) is 17.6. The first-order valence-corrected chi connectivity index (χ1v) is 16.9. The molecule has 2 aromatic carbocycles. The van der Waals surface area contributed by atoms with Gasteiger partial charge in [-0.25, -0.2) is 8.42 Å². The molecule has 41 heavy (non-hydrogen) atoms. The van der Waals surface area contributed by atoms with Crippen LogP contribution in [0.3, 0.4) is 0 Å². The summed E-state index contributed by atoms with van der Waals surface area (Å²) in [5, 5.41) is 2.17. The summed E-state index contributed by atoms with van der Waals surface area (Å²) in [5.41, 5.74) is 2.79. The predicted octanol–water partition coefficient (Wildman–Crippen LogP) is 7.88. The summed E-state index contributed by atoms with van der Waals surface area (Å²) >= 11 is 0. The Morgan fingerprint density at radius 1 is 0.854 bits per heavy atom. The van der Waals surface area contributed by atoms with Crippen LogP contribution in [-0.2, 0) is 32.1 Å². The number of sulfonamides is 1. The molecule has 2 fully saturated rings. The van der Waals surface area contributed by atoms with E-state index in [1.807, 2.05) is 18.2 Å². The van der Waals surface area contributed by atoms with Gasteiger partial charge in [0.2, 0.25) is 10.0 Å². The molecule has 0 aromatic heterocycles. The fourth-order valence-corrected chi connectivity index (χ4v) is 8.54. The Balaban J connectivity index is 1.72. The Bertz CT molecular complexity index is 1250. The Morgan fingerprint density at radius 2 is 1.39 bits per heavy atom. The Kier molecular flexibility index (Phi) is 8.95. The number of rotatable bonds is 7. The van der Waals surface area contributed by atoms with Crippen molar-refractivity contribution >= 4 is 10.0 Å². The second-order valence-electron chi connectivity index (χ2n) is 15.7. The number of hydrogen-bond acceptors (Lipinski definition) is 4. The molecule has 0 N–H and O–H groups in total. The van der Waals surface area contributed by atoms with Crippen LogP contribution in [0, 0.1) is 5.92 Å². The van der Waals surface area contributed by atoms with Gasteiger partial charge in [0.05, 0.1) is 17.5 Å². The lowest BCUT2D eigenvalue weighted by Gasteiger charge is -2.51. The minimum atomic E-state index is -3.75. The van der Waals surface area contributed by atoms with Gasteiger partial charge >= 0.3 is 0 Å². The van der Waals surface area contributed by atoms with Gasteiger partial charge in [-0.1, -0.05) is 77.9 Å². The fraction of sp³-hybridized carbons (Fsp3) is 0.657. The Labute approximate surface area is 250 Å². The Hall–Kier alpha value is -1.73. The molecule has 2 aromatic rings. The molecular formula is C35H54N2O3S. The second kappa shape index (κ2) is 11.4. The molecule has 0 amide bonds. The van der Waals surface area contributed by atoms with Crippen LogP contribution in [0.15, 0.2) is 53.4 Å². The van der Waals surface area contributed by atoms with Crippen LogP contribution in [-0.4, -0.2) is 48.1 Å². The molecule has 2 atom stereocenters. The standard InChI is InChI=1S/C35H54N2O3S/c1-32(2,3)28-22-29(33(4,5)6)24-30(23-28)41(38,39)36-20-17-27(21-26-15-12-11-13-16-26)31(36)25-40-37-34(7,8)18-14-19-35(37,9)10/h11-13,15-16,22-24,27,31H,14,17-21,25H2,1-10H3/t27-,31-/m0/s1. The molecule has 2 aliphatic rings. The molecule has 2 saturated heterocycles. The summed E-state index contributed by atoms with van der Waals surface area (Å²) in [6, 6.07) is 16.2. The van der Waals surface area contributed by atoms with E-state index >= 15 is 0 Å². The molecular weight excluding hydrogens is 528 g/mol. The zero-order valence-electron chi connectivity index (χ0n) is 27.3. The lowest BCUT2D eigenvalue weighted by atomic mass is 9.81. The predicted molar refractivity (Wildman–Crippen MR) is 170 cm³/mol. The SMILES string of the molecule is CC(C)(C)c1cc(C(C)(C)C)cc(S(=O)(=O)N2CC[C@@H](Cc3ccccc3)[C@@H]2CON2C(C)(C)CCCC2(C)C)c1. The van der Waals surface area contributed by atoms with E-state index in [1.165, 1.54) is 12.0 Å². The topological polar surface area (TPSA) is 49.9 Å². The number of hydrogen-bond donors (Lipinski definition) is 0. The first kappa shape index (κ1) is 32.2. The fourth-order valence-electron chi connectivity index (χ4n) is 6.78. The first-order chi connectivity index (χ1) is 18.8. The van der Waals surface area contributed by atoms with E-state index in [1.54, 1.807) is 4.31 Å². The molecule has 2 heterocycles. The summed E-state index contributed by atoms with van der Waals surface area (Å²) in [6.07, 6.45) is 4.95. The highest BCUT2D eigenvalue weighted by molar-refractivity contribution is 7.89. The van der Waals surface area contributed by atoms with Crippen molar-refractivity contribution in [2.75, 3.05) is 13.2 Å². The zero-order valence-corrected chi connectivity index (χ0v) is 28.1. The lowest BCUT2D eigenvalue weighted by molar-refractivity contribution is -0.285. The number of nitrogens with zero attached hydrogens (tertiary/aromatic N) is 2. The third-order valence-electron chi connectivity index (χ3n) is 9.27. The highest BCUT2D eigenvalue weighted by Crippen LogP contribution is 2.41. The van der Waals surface area contributed by atoms with E-state index in [9.17, 15) is 8.42 Å². The smallest absolute Gasteiger partial charge is 0.243 e. The van der Waals surface area contributed by atoms with Crippen molar-refractivity contribution in [3.05, 3.63) is 65.2 Å².